The number of carbonyl (C=O) groups is 1. The van der Waals surface area contributed by atoms with Crippen LogP contribution >= 0.6 is 0 Å². The van der Waals surface area contributed by atoms with Crippen molar-refractivity contribution in [2.24, 2.45) is 11.8 Å². The highest BCUT2D eigenvalue weighted by Gasteiger charge is 2.51. The van der Waals surface area contributed by atoms with Crippen LogP contribution < -0.4 is 0 Å². The molecule has 4 unspecified atom stereocenters. The molecule has 1 saturated carbocycles. The first kappa shape index (κ1) is 17.9. The highest BCUT2D eigenvalue weighted by molar-refractivity contribution is 5.88. The van der Waals surface area contributed by atoms with Crippen LogP contribution in [0.3, 0.4) is 0 Å². The first-order chi connectivity index (χ1) is 11.9. The first-order valence-corrected chi connectivity index (χ1v) is 9.28. The Morgan fingerprint density at radius 3 is 2.68 bits per heavy atom. The summed E-state index contributed by atoms with van der Waals surface area (Å²) in [6.07, 6.45) is 8.68. The van der Waals surface area contributed by atoms with E-state index in [0.717, 1.165) is 18.4 Å². The number of nitrogens with zero attached hydrogens (tertiary/aromatic N) is 1. The number of fused-ring (bicyclic) bond motifs is 1. The normalized spacial score (nSPS) is 31.6. The zero-order valence-corrected chi connectivity index (χ0v) is 15.5. The van der Waals surface area contributed by atoms with E-state index in [1.165, 1.54) is 12.5 Å². The maximum atomic E-state index is 12.6. The van der Waals surface area contributed by atoms with E-state index >= 15 is 0 Å². The quantitative estimate of drug-likeness (QED) is 0.750. The highest BCUT2D eigenvalue weighted by atomic mass is 16.5. The van der Waals surface area contributed by atoms with E-state index in [4.69, 9.17) is 4.74 Å². The van der Waals surface area contributed by atoms with Crippen molar-refractivity contribution in [2.75, 3.05) is 0 Å². The zero-order valence-electron chi connectivity index (χ0n) is 15.5. The number of rotatable bonds is 3. The van der Waals surface area contributed by atoms with Gasteiger partial charge in [-0.1, -0.05) is 56.3 Å². The molecule has 1 saturated heterocycles. The minimum Gasteiger partial charge on any atom is -0.351 e. The number of hydrogen-bond donors (Lipinski definition) is 0. The van der Waals surface area contributed by atoms with Crippen molar-refractivity contribution < 1.29 is 9.53 Å². The van der Waals surface area contributed by atoms with E-state index in [0.29, 0.717) is 11.8 Å². The molecule has 1 aromatic rings. The lowest BCUT2D eigenvalue weighted by Gasteiger charge is -2.56. The average Bonchev–Trinajstić information content (AvgIpc) is 2.59. The van der Waals surface area contributed by atoms with Crippen molar-refractivity contribution in [3.8, 4) is 0 Å². The molecule has 0 bridgehead atoms. The Labute approximate surface area is 151 Å². The summed E-state index contributed by atoms with van der Waals surface area (Å²) in [5, 5.41) is 0. The topological polar surface area (TPSA) is 29.5 Å². The molecule has 3 heteroatoms. The van der Waals surface area contributed by atoms with E-state index in [2.05, 4.69) is 39.5 Å². The molecule has 1 heterocycles. The van der Waals surface area contributed by atoms with Gasteiger partial charge in [-0.25, -0.2) is 0 Å². The van der Waals surface area contributed by atoms with Gasteiger partial charge in [0, 0.05) is 11.5 Å². The van der Waals surface area contributed by atoms with Crippen LogP contribution in [0.4, 0.5) is 0 Å². The van der Waals surface area contributed by atoms with E-state index in [1.54, 1.807) is 0 Å². The minimum atomic E-state index is -0.354. The van der Waals surface area contributed by atoms with Crippen LogP contribution in [0.15, 0.2) is 49.1 Å². The standard InChI is InChI=1S/C22H29NO2/c1-5-20(24)23-21(14-12-17-9-7-6-8-10-17)25-19-15-16(2)11-13-18(19)22(23,3)4/h5-10,12,14,16,18-19,21H,1,11,13,15H2,2-4H3/b14-12+. The zero-order chi connectivity index (χ0) is 18.0. The largest absolute Gasteiger partial charge is 0.351 e. The average molecular weight is 339 g/mol. The number of hydrogen-bond acceptors (Lipinski definition) is 2. The third kappa shape index (κ3) is 3.57. The van der Waals surface area contributed by atoms with E-state index < -0.39 is 0 Å². The fourth-order valence-corrected chi connectivity index (χ4v) is 4.43. The lowest BCUT2D eigenvalue weighted by Crippen LogP contribution is -2.65. The molecule has 2 fully saturated rings. The molecule has 4 atom stereocenters. The Kier molecular flexibility index (Phi) is 5.14. The molecule has 134 valence electrons. The monoisotopic (exact) mass is 339 g/mol. The van der Waals surface area contributed by atoms with Gasteiger partial charge in [0.05, 0.1) is 6.10 Å². The molecule has 0 aromatic heterocycles. The van der Waals surface area contributed by atoms with E-state index in [1.807, 2.05) is 35.3 Å². The predicted octanol–water partition coefficient (Wildman–Crippen LogP) is 4.65. The van der Waals surface area contributed by atoms with Crippen LogP contribution in [0.5, 0.6) is 0 Å². The molecule has 1 amide bonds. The lowest BCUT2D eigenvalue weighted by molar-refractivity contribution is -0.213. The molecule has 3 rings (SSSR count). The smallest absolute Gasteiger partial charge is 0.248 e. The van der Waals surface area contributed by atoms with Crippen molar-refractivity contribution in [1.82, 2.24) is 4.90 Å². The van der Waals surface area contributed by atoms with Gasteiger partial charge in [-0.3, -0.25) is 4.79 Å². The maximum Gasteiger partial charge on any atom is 0.248 e. The van der Waals surface area contributed by atoms with Gasteiger partial charge in [-0.15, -0.1) is 0 Å². The molecule has 0 radical (unpaired) electrons. The maximum absolute atomic E-state index is 12.6. The fourth-order valence-electron chi connectivity index (χ4n) is 4.43. The second-order valence-electron chi connectivity index (χ2n) is 7.93. The van der Waals surface area contributed by atoms with Crippen molar-refractivity contribution in [3.05, 3.63) is 54.6 Å². The summed E-state index contributed by atoms with van der Waals surface area (Å²) in [5.41, 5.74) is 0.856. The Morgan fingerprint density at radius 1 is 1.28 bits per heavy atom. The van der Waals surface area contributed by atoms with Crippen LogP contribution in [0.2, 0.25) is 0 Å². The highest BCUT2D eigenvalue weighted by Crippen LogP contribution is 2.45. The summed E-state index contributed by atoms with van der Waals surface area (Å²) in [6.45, 7) is 10.3. The molecular weight excluding hydrogens is 310 g/mol. The Balaban J connectivity index is 1.91. The fraction of sp³-hybridized carbons (Fsp3) is 0.500. The van der Waals surface area contributed by atoms with Crippen LogP contribution in [-0.4, -0.2) is 28.7 Å². The summed E-state index contributed by atoms with van der Waals surface area (Å²) in [5.74, 6) is 0.983. The van der Waals surface area contributed by atoms with Gasteiger partial charge in [0.25, 0.3) is 0 Å². The van der Waals surface area contributed by atoms with Gasteiger partial charge < -0.3 is 9.64 Å². The van der Waals surface area contributed by atoms with Gasteiger partial charge in [-0.05, 0) is 50.3 Å². The van der Waals surface area contributed by atoms with Gasteiger partial charge in [-0.2, -0.15) is 0 Å². The molecule has 0 spiro atoms. The van der Waals surface area contributed by atoms with Crippen LogP contribution in [-0.2, 0) is 9.53 Å². The molecule has 25 heavy (non-hydrogen) atoms. The third-order valence-corrected chi connectivity index (χ3v) is 5.82. The van der Waals surface area contributed by atoms with Crippen LogP contribution in [0, 0.1) is 11.8 Å². The molecule has 3 nitrogen and oxygen atoms in total. The molecule has 1 aromatic carbocycles. The predicted molar refractivity (Wildman–Crippen MR) is 102 cm³/mol. The second-order valence-corrected chi connectivity index (χ2v) is 7.93. The molecule has 0 N–H and O–H groups in total. The third-order valence-electron chi connectivity index (χ3n) is 5.82. The van der Waals surface area contributed by atoms with E-state index in [9.17, 15) is 4.79 Å². The van der Waals surface area contributed by atoms with Crippen molar-refractivity contribution in [3.63, 3.8) is 0 Å². The summed E-state index contributed by atoms with van der Waals surface area (Å²) in [6, 6.07) is 10.1. The minimum absolute atomic E-state index is 0.0650. The Hall–Kier alpha value is -1.87. The van der Waals surface area contributed by atoms with Crippen molar-refractivity contribution in [2.45, 2.75) is 57.9 Å². The molecule has 1 aliphatic heterocycles. The van der Waals surface area contributed by atoms with Gasteiger partial charge in [0.1, 0.15) is 0 Å². The van der Waals surface area contributed by atoms with Crippen LogP contribution in [0.1, 0.15) is 45.6 Å². The second kappa shape index (κ2) is 7.17. The van der Waals surface area contributed by atoms with Crippen LogP contribution in [0.25, 0.3) is 6.08 Å². The first-order valence-electron chi connectivity index (χ1n) is 9.28. The molecular formula is C22H29NO2. The number of amides is 1. The number of carbonyl (C=O) groups excluding carboxylic acids is 1. The Morgan fingerprint density at radius 2 is 2.00 bits per heavy atom. The number of ether oxygens (including phenoxy) is 1. The number of benzene rings is 1. The molecule has 2 aliphatic rings. The lowest BCUT2D eigenvalue weighted by atomic mass is 9.69. The molecule has 1 aliphatic carbocycles. The SMILES string of the molecule is C=CC(=O)N1C(/C=C/c2ccccc2)OC2CC(C)CCC2C1(C)C. The van der Waals surface area contributed by atoms with Crippen molar-refractivity contribution >= 4 is 12.0 Å². The van der Waals surface area contributed by atoms with Gasteiger partial charge >= 0.3 is 0 Å². The Bertz CT molecular complexity index is 649. The summed E-state index contributed by atoms with van der Waals surface area (Å²) < 4.78 is 6.42. The summed E-state index contributed by atoms with van der Waals surface area (Å²) in [4.78, 5) is 14.5. The van der Waals surface area contributed by atoms with Gasteiger partial charge in [0.15, 0.2) is 6.23 Å². The van der Waals surface area contributed by atoms with E-state index in [-0.39, 0.29) is 23.8 Å². The summed E-state index contributed by atoms with van der Waals surface area (Å²) >= 11 is 0. The summed E-state index contributed by atoms with van der Waals surface area (Å²) in [7, 11) is 0. The van der Waals surface area contributed by atoms with Gasteiger partial charge in [0.2, 0.25) is 5.91 Å². The van der Waals surface area contributed by atoms with Crippen molar-refractivity contribution in [1.29, 1.82) is 0 Å².